The standard InChI is InChI=1S/C20H14O3Te2/c21-24(19-13-5-9-15-7-1-3-11-17(15)19)23-25(22)20-14-6-10-16-8-2-4-12-18(16)20/h1-14H. The van der Waals surface area contributed by atoms with Gasteiger partial charge in [0.25, 0.3) is 0 Å². The summed E-state index contributed by atoms with van der Waals surface area (Å²) >= 11 is -6.70. The van der Waals surface area contributed by atoms with Crippen molar-refractivity contribution in [1.82, 2.24) is 0 Å². The van der Waals surface area contributed by atoms with E-state index in [2.05, 4.69) is 0 Å². The summed E-state index contributed by atoms with van der Waals surface area (Å²) in [5.41, 5.74) is 0. The summed E-state index contributed by atoms with van der Waals surface area (Å²) < 4.78 is 32.8. The van der Waals surface area contributed by atoms with Crippen molar-refractivity contribution in [3.8, 4) is 0 Å². The predicted octanol–water partition coefficient (Wildman–Crippen LogP) is 2.96. The van der Waals surface area contributed by atoms with E-state index in [-0.39, 0.29) is 0 Å². The third-order valence-corrected chi connectivity index (χ3v) is 13.5. The van der Waals surface area contributed by atoms with Crippen molar-refractivity contribution in [2.45, 2.75) is 0 Å². The molecule has 0 fully saturated rings. The molecule has 25 heavy (non-hydrogen) atoms. The van der Waals surface area contributed by atoms with E-state index < -0.39 is 39.9 Å². The molecular weight excluding hydrogens is 543 g/mol. The zero-order valence-corrected chi connectivity index (χ0v) is 17.8. The van der Waals surface area contributed by atoms with Crippen LogP contribution in [0.4, 0.5) is 0 Å². The van der Waals surface area contributed by atoms with Gasteiger partial charge in [0, 0.05) is 0 Å². The first kappa shape index (κ1) is 17.0. The molecule has 0 atom stereocenters. The fraction of sp³-hybridized carbons (Fsp3) is 0. The Morgan fingerprint density at radius 2 is 0.920 bits per heavy atom. The molecule has 0 aliphatic carbocycles. The van der Waals surface area contributed by atoms with Gasteiger partial charge in [-0.3, -0.25) is 0 Å². The Morgan fingerprint density at radius 3 is 1.40 bits per heavy atom. The van der Waals surface area contributed by atoms with E-state index in [0.29, 0.717) is 7.22 Å². The number of benzene rings is 4. The molecule has 124 valence electrons. The van der Waals surface area contributed by atoms with E-state index in [4.69, 9.17) is 1.47 Å². The number of fused-ring (bicyclic) bond motifs is 2. The first-order valence-electron chi connectivity index (χ1n) is 7.72. The van der Waals surface area contributed by atoms with E-state index in [1.165, 1.54) is 0 Å². The van der Waals surface area contributed by atoms with Crippen LogP contribution in [0.3, 0.4) is 0 Å². The van der Waals surface area contributed by atoms with E-state index in [1.807, 2.05) is 84.9 Å². The van der Waals surface area contributed by atoms with Crippen LogP contribution in [-0.4, -0.2) is 39.9 Å². The molecule has 3 nitrogen and oxygen atoms in total. The molecule has 0 aliphatic heterocycles. The van der Waals surface area contributed by atoms with Gasteiger partial charge in [0.15, 0.2) is 0 Å². The van der Waals surface area contributed by atoms with Crippen LogP contribution in [0.15, 0.2) is 84.9 Å². The maximum atomic E-state index is 12.9. The van der Waals surface area contributed by atoms with Gasteiger partial charge in [-0.15, -0.1) is 0 Å². The number of rotatable bonds is 4. The quantitative estimate of drug-likeness (QED) is 0.363. The van der Waals surface area contributed by atoms with Gasteiger partial charge in [0.2, 0.25) is 0 Å². The first-order chi connectivity index (χ1) is 12.2. The van der Waals surface area contributed by atoms with Crippen LogP contribution < -0.4 is 7.22 Å². The van der Waals surface area contributed by atoms with Gasteiger partial charge in [-0.25, -0.2) is 0 Å². The van der Waals surface area contributed by atoms with Crippen LogP contribution in [0.2, 0.25) is 0 Å². The molecule has 0 bridgehead atoms. The zero-order chi connectivity index (χ0) is 17.2. The van der Waals surface area contributed by atoms with E-state index in [0.717, 1.165) is 21.5 Å². The van der Waals surface area contributed by atoms with E-state index in [9.17, 15) is 6.21 Å². The third kappa shape index (κ3) is 3.44. The summed E-state index contributed by atoms with van der Waals surface area (Å²) in [6, 6.07) is 26.9. The van der Waals surface area contributed by atoms with Crippen molar-refractivity contribution >= 4 is 68.7 Å². The topological polar surface area (TPSA) is 43.4 Å². The van der Waals surface area contributed by atoms with Crippen molar-refractivity contribution < 1.29 is 7.67 Å². The summed E-state index contributed by atoms with van der Waals surface area (Å²) in [5.74, 6) is 0. The van der Waals surface area contributed by atoms with Crippen LogP contribution in [0.25, 0.3) is 21.5 Å². The van der Waals surface area contributed by atoms with Crippen molar-refractivity contribution in [3.63, 3.8) is 0 Å². The second-order valence-corrected chi connectivity index (χ2v) is 13.7. The van der Waals surface area contributed by atoms with Gasteiger partial charge >= 0.3 is 161 Å². The van der Waals surface area contributed by atoms with Crippen molar-refractivity contribution in [3.05, 3.63) is 84.9 Å². The minimum atomic E-state index is -3.35. The Hall–Kier alpha value is -1.46. The minimum absolute atomic E-state index is 0.698. The van der Waals surface area contributed by atoms with E-state index in [1.54, 1.807) is 0 Å². The normalized spacial score (nSPS) is 11.6. The summed E-state index contributed by atoms with van der Waals surface area (Å²) in [7, 11) is 0. The molecule has 0 aliphatic rings. The Bertz CT molecular complexity index is 1020. The van der Waals surface area contributed by atoms with Gasteiger partial charge in [-0.1, -0.05) is 0 Å². The van der Waals surface area contributed by atoms with Gasteiger partial charge in [-0.2, -0.15) is 0 Å². The van der Waals surface area contributed by atoms with Crippen LogP contribution in [0.1, 0.15) is 0 Å². The van der Waals surface area contributed by atoms with Gasteiger partial charge in [0.05, 0.1) is 0 Å². The number of hydrogen-bond acceptors (Lipinski definition) is 3. The molecule has 4 aromatic rings. The second kappa shape index (κ2) is 7.42. The molecule has 0 saturated carbocycles. The van der Waals surface area contributed by atoms with Crippen LogP contribution in [-0.2, 0) is 7.67 Å². The fourth-order valence-corrected chi connectivity index (χ4v) is 11.7. The summed E-state index contributed by atoms with van der Waals surface area (Å²) in [6.07, 6.45) is 0. The Labute approximate surface area is 160 Å². The SMILES string of the molecule is O=[Te](O[Te](=O)c1cccc2ccccc12)c1cccc2ccccc12. The molecule has 5 heteroatoms. The summed E-state index contributed by atoms with van der Waals surface area (Å²) in [6.45, 7) is 0. The molecular formula is C20H14O3Te2. The molecule has 0 spiro atoms. The van der Waals surface area contributed by atoms with Crippen molar-refractivity contribution in [2.75, 3.05) is 0 Å². The predicted molar refractivity (Wildman–Crippen MR) is 101 cm³/mol. The zero-order valence-electron chi connectivity index (χ0n) is 13.1. The summed E-state index contributed by atoms with van der Waals surface area (Å²) in [4.78, 5) is 0. The molecule has 0 N–H and O–H groups in total. The van der Waals surface area contributed by atoms with Crippen LogP contribution >= 0.6 is 0 Å². The molecule has 0 saturated heterocycles. The molecule has 4 rings (SSSR count). The van der Waals surface area contributed by atoms with Gasteiger partial charge in [-0.05, 0) is 0 Å². The third-order valence-electron chi connectivity index (χ3n) is 3.98. The van der Waals surface area contributed by atoms with Crippen LogP contribution in [0, 0.1) is 0 Å². The molecule has 4 aromatic carbocycles. The maximum absolute atomic E-state index is 12.9. The number of hydrogen-bond donors (Lipinski definition) is 0. The van der Waals surface area contributed by atoms with Crippen molar-refractivity contribution in [2.24, 2.45) is 0 Å². The molecule has 0 unspecified atom stereocenters. The van der Waals surface area contributed by atoms with Gasteiger partial charge in [0.1, 0.15) is 0 Å². The second-order valence-electron chi connectivity index (χ2n) is 5.49. The monoisotopic (exact) mass is 562 g/mol. The molecule has 0 heterocycles. The fourth-order valence-electron chi connectivity index (χ4n) is 2.81. The average Bonchev–Trinajstić information content (AvgIpc) is 2.67. The Morgan fingerprint density at radius 1 is 0.520 bits per heavy atom. The average molecular weight is 558 g/mol. The Kier molecular flexibility index (Phi) is 5.04. The summed E-state index contributed by atoms with van der Waals surface area (Å²) in [5, 5.41) is 3.87. The van der Waals surface area contributed by atoms with E-state index >= 15 is 0 Å². The molecule has 0 amide bonds. The van der Waals surface area contributed by atoms with Gasteiger partial charge < -0.3 is 0 Å². The molecule has 0 aromatic heterocycles. The Balaban J connectivity index is 1.69. The molecule has 0 radical (unpaired) electrons. The van der Waals surface area contributed by atoms with Crippen molar-refractivity contribution in [1.29, 1.82) is 0 Å². The van der Waals surface area contributed by atoms with Crippen LogP contribution in [0.5, 0.6) is 0 Å². The first-order valence-corrected chi connectivity index (χ1v) is 13.9.